The highest BCUT2D eigenvalue weighted by Gasteiger charge is 2.21. The lowest BCUT2D eigenvalue weighted by atomic mass is 10.1. The van der Waals surface area contributed by atoms with E-state index < -0.39 is 11.8 Å². The van der Waals surface area contributed by atoms with Gasteiger partial charge in [-0.25, -0.2) is 0 Å². The molecule has 8 nitrogen and oxygen atoms in total. The molecule has 174 valence electrons. The van der Waals surface area contributed by atoms with Gasteiger partial charge in [0.1, 0.15) is 12.4 Å². The van der Waals surface area contributed by atoms with Gasteiger partial charge in [0.05, 0.1) is 25.0 Å². The first-order chi connectivity index (χ1) is 16.4. The number of carbonyl (C=O) groups excluding carboxylic acids is 3. The van der Waals surface area contributed by atoms with Gasteiger partial charge in [-0.1, -0.05) is 11.6 Å². The monoisotopic (exact) mass is 479 g/mol. The van der Waals surface area contributed by atoms with Crippen molar-refractivity contribution < 1.29 is 23.9 Å². The largest absolute Gasteiger partial charge is 0.497 e. The van der Waals surface area contributed by atoms with Gasteiger partial charge in [0, 0.05) is 28.5 Å². The van der Waals surface area contributed by atoms with E-state index in [0.717, 1.165) is 0 Å². The Labute approximate surface area is 201 Å². The lowest BCUT2D eigenvalue weighted by Gasteiger charge is -2.26. The molecule has 0 radical (unpaired) electrons. The van der Waals surface area contributed by atoms with E-state index in [4.69, 9.17) is 21.1 Å². The molecule has 0 spiro atoms. The fourth-order valence-electron chi connectivity index (χ4n) is 3.46. The Morgan fingerprint density at radius 2 is 1.71 bits per heavy atom. The smallest absolute Gasteiger partial charge is 0.257 e. The van der Waals surface area contributed by atoms with Gasteiger partial charge in [-0.3, -0.25) is 14.4 Å². The van der Waals surface area contributed by atoms with Gasteiger partial charge in [-0.2, -0.15) is 0 Å². The number of morpholine rings is 1. The molecule has 9 heteroatoms. The molecule has 2 N–H and O–H groups in total. The number of benzene rings is 3. The van der Waals surface area contributed by atoms with Crippen molar-refractivity contribution in [2.24, 2.45) is 0 Å². The number of amides is 3. The van der Waals surface area contributed by atoms with Crippen LogP contribution in [0.5, 0.6) is 5.75 Å². The van der Waals surface area contributed by atoms with Crippen molar-refractivity contribution in [2.45, 2.75) is 0 Å². The predicted octanol–water partition coefficient (Wildman–Crippen LogP) is 4.22. The van der Waals surface area contributed by atoms with E-state index in [1.54, 1.807) is 71.6 Å². The van der Waals surface area contributed by atoms with E-state index in [9.17, 15) is 14.4 Å². The molecule has 3 aromatic rings. The second-order valence-corrected chi connectivity index (χ2v) is 7.91. The van der Waals surface area contributed by atoms with Gasteiger partial charge in [0.2, 0.25) is 0 Å². The summed E-state index contributed by atoms with van der Waals surface area (Å²) in [5.74, 6) is -0.472. The van der Waals surface area contributed by atoms with E-state index in [-0.39, 0.29) is 18.1 Å². The van der Waals surface area contributed by atoms with Crippen LogP contribution in [0.2, 0.25) is 5.02 Å². The van der Waals surface area contributed by atoms with Gasteiger partial charge in [0.25, 0.3) is 17.7 Å². The van der Waals surface area contributed by atoms with Crippen LogP contribution in [-0.2, 0) is 9.53 Å². The van der Waals surface area contributed by atoms with Gasteiger partial charge < -0.3 is 25.0 Å². The lowest BCUT2D eigenvalue weighted by Crippen LogP contribution is -2.41. The van der Waals surface area contributed by atoms with Crippen molar-refractivity contribution in [1.82, 2.24) is 0 Å². The molecule has 4 rings (SSSR count). The minimum atomic E-state index is -0.419. The summed E-state index contributed by atoms with van der Waals surface area (Å²) in [4.78, 5) is 39.5. The summed E-state index contributed by atoms with van der Waals surface area (Å²) in [7, 11) is 1.50. The molecule has 0 aromatic heterocycles. The summed E-state index contributed by atoms with van der Waals surface area (Å²) in [5.41, 5.74) is 2.19. The first-order valence-electron chi connectivity index (χ1n) is 10.5. The van der Waals surface area contributed by atoms with Crippen LogP contribution in [0.1, 0.15) is 20.7 Å². The van der Waals surface area contributed by atoms with Crippen LogP contribution < -0.4 is 20.3 Å². The molecule has 1 aliphatic rings. The number of hydrogen-bond donors (Lipinski definition) is 2. The van der Waals surface area contributed by atoms with Gasteiger partial charge >= 0.3 is 0 Å². The molecule has 1 fully saturated rings. The maximum atomic E-state index is 13.0. The zero-order valence-electron chi connectivity index (χ0n) is 18.3. The number of carbonyl (C=O) groups is 3. The molecule has 0 bridgehead atoms. The van der Waals surface area contributed by atoms with Gasteiger partial charge in [-0.15, -0.1) is 0 Å². The van der Waals surface area contributed by atoms with Crippen LogP contribution in [0.3, 0.4) is 0 Å². The van der Waals surface area contributed by atoms with E-state index in [1.807, 2.05) is 0 Å². The quantitative estimate of drug-likeness (QED) is 0.552. The minimum absolute atomic E-state index is 0.0422. The normalized spacial score (nSPS) is 13.4. The summed E-state index contributed by atoms with van der Waals surface area (Å²) in [6.07, 6.45) is 0. The van der Waals surface area contributed by atoms with Crippen LogP contribution in [0.15, 0.2) is 66.7 Å². The first-order valence-corrected chi connectivity index (χ1v) is 10.9. The number of ether oxygens (including phenoxy) is 2. The molecule has 0 atom stereocenters. The molecular weight excluding hydrogens is 458 g/mol. The third-order valence-corrected chi connectivity index (χ3v) is 5.50. The Morgan fingerprint density at radius 1 is 0.971 bits per heavy atom. The molecule has 1 heterocycles. The number of methoxy groups -OCH3 is 1. The highest BCUT2D eigenvalue weighted by atomic mass is 35.5. The number of rotatable bonds is 6. The van der Waals surface area contributed by atoms with Gasteiger partial charge in [0.15, 0.2) is 0 Å². The SMILES string of the molecule is COc1ccc(NC(=O)c2ccc(N3CCOCC3=O)cc2)c(C(=O)Nc2ccc(Cl)cc2)c1. The predicted molar refractivity (Wildman–Crippen MR) is 130 cm³/mol. The van der Waals surface area contributed by atoms with Crippen molar-refractivity contribution in [3.63, 3.8) is 0 Å². The average Bonchev–Trinajstić information content (AvgIpc) is 2.86. The van der Waals surface area contributed by atoms with Crippen molar-refractivity contribution in [1.29, 1.82) is 0 Å². The highest BCUT2D eigenvalue weighted by Crippen LogP contribution is 2.25. The number of halogens is 1. The summed E-state index contributed by atoms with van der Waals surface area (Å²) in [5, 5.41) is 6.12. The number of hydrogen-bond acceptors (Lipinski definition) is 5. The van der Waals surface area contributed by atoms with Crippen LogP contribution in [0, 0.1) is 0 Å². The Kier molecular flexibility index (Phi) is 7.10. The molecule has 3 aromatic carbocycles. The van der Waals surface area contributed by atoms with Crippen molar-refractivity contribution >= 4 is 46.4 Å². The summed E-state index contributed by atoms with van der Waals surface area (Å²) < 4.78 is 10.4. The Hall–Kier alpha value is -3.88. The maximum Gasteiger partial charge on any atom is 0.257 e. The molecule has 0 aliphatic carbocycles. The zero-order chi connectivity index (χ0) is 24.1. The Balaban J connectivity index is 1.52. The molecule has 1 saturated heterocycles. The minimum Gasteiger partial charge on any atom is -0.497 e. The van der Waals surface area contributed by atoms with Crippen LogP contribution in [0.4, 0.5) is 17.1 Å². The number of anilines is 3. The molecule has 0 unspecified atom stereocenters. The van der Waals surface area contributed by atoms with Crippen molar-refractivity contribution in [3.8, 4) is 5.75 Å². The van der Waals surface area contributed by atoms with E-state index in [1.165, 1.54) is 7.11 Å². The van der Waals surface area contributed by atoms with Crippen molar-refractivity contribution in [2.75, 3.05) is 42.4 Å². The Bertz CT molecular complexity index is 1210. The Morgan fingerprint density at radius 3 is 2.38 bits per heavy atom. The third-order valence-electron chi connectivity index (χ3n) is 5.25. The van der Waals surface area contributed by atoms with E-state index in [0.29, 0.717) is 46.5 Å². The fourth-order valence-corrected chi connectivity index (χ4v) is 3.58. The summed E-state index contributed by atoms with van der Waals surface area (Å²) >= 11 is 5.90. The fraction of sp³-hybridized carbons (Fsp3) is 0.160. The maximum absolute atomic E-state index is 13.0. The topological polar surface area (TPSA) is 97.0 Å². The number of nitrogens with zero attached hydrogens (tertiary/aromatic N) is 1. The zero-order valence-corrected chi connectivity index (χ0v) is 19.1. The second-order valence-electron chi connectivity index (χ2n) is 7.47. The number of nitrogens with one attached hydrogen (secondary N) is 2. The molecule has 3 amide bonds. The van der Waals surface area contributed by atoms with Gasteiger partial charge in [-0.05, 0) is 66.7 Å². The molecule has 0 saturated carbocycles. The van der Waals surface area contributed by atoms with Crippen LogP contribution in [-0.4, -0.2) is 44.6 Å². The van der Waals surface area contributed by atoms with E-state index in [2.05, 4.69) is 10.6 Å². The van der Waals surface area contributed by atoms with Crippen LogP contribution in [0.25, 0.3) is 0 Å². The third kappa shape index (κ3) is 5.36. The average molecular weight is 480 g/mol. The van der Waals surface area contributed by atoms with Crippen LogP contribution >= 0.6 is 11.6 Å². The summed E-state index contributed by atoms with van der Waals surface area (Å²) in [6, 6.07) is 18.2. The lowest BCUT2D eigenvalue weighted by molar-refractivity contribution is -0.125. The molecular formula is C25H22ClN3O5. The molecule has 1 aliphatic heterocycles. The van der Waals surface area contributed by atoms with E-state index >= 15 is 0 Å². The first kappa shape index (κ1) is 23.3. The van der Waals surface area contributed by atoms with Crippen molar-refractivity contribution in [3.05, 3.63) is 82.9 Å². The molecule has 34 heavy (non-hydrogen) atoms. The summed E-state index contributed by atoms with van der Waals surface area (Å²) in [6.45, 7) is 0.967. The standard InChI is InChI=1S/C25H22ClN3O5/c1-33-20-10-11-22(21(14-20)25(32)27-18-6-4-17(26)5-7-18)28-24(31)16-2-8-19(9-3-16)29-12-13-34-15-23(29)30/h2-11,14H,12-13,15H2,1H3,(H,27,32)(H,28,31). The highest BCUT2D eigenvalue weighted by molar-refractivity contribution is 6.30. The second kappa shape index (κ2) is 10.4.